The van der Waals surface area contributed by atoms with Gasteiger partial charge in [0.1, 0.15) is 18.3 Å². The van der Waals surface area contributed by atoms with E-state index in [1.165, 1.54) is 12.1 Å². The van der Waals surface area contributed by atoms with Crippen molar-refractivity contribution in [1.29, 1.82) is 0 Å². The highest BCUT2D eigenvalue weighted by Gasteiger charge is 2.53. The SMILES string of the molecule is CC(=O)OC[C@H]1O[C@@H](Oc2cc3oc(=O)c4c(c3cc2O)CCCC4)[C@H](OC(C)=O)[C@@H](OC(C)=O)[C@@H]1OC(C)=O. The van der Waals surface area contributed by atoms with Crippen molar-refractivity contribution in [3.63, 3.8) is 0 Å². The molecular formula is C27H30O13. The summed E-state index contributed by atoms with van der Waals surface area (Å²) < 4.78 is 38.5. The van der Waals surface area contributed by atoms with Gasteiger partial charge in [-0.1, -0.05) is 0 Å². The zero-order valence-electron chi connectivity index (χ0n) is 22.4. The molecule has 1 aliphatic carbocycles. The minimum Gasteiger partial charge on any atom is -0.504 e. The summed E-state index contributed by atoms with van der Waals surface area (Å²) in [7, 11) is 0. The lowest BCUT2D eigenvalue weighted by Gasteiger charge is -2.43. The van der Waals surface area contributed by atoms with Crippen LogP contribution in [0.25, 0.3) is 11.0 Å². The Kier molecular flexibility index (Phi) is 8.62. The Morgan fingerprint density at radius 2 is 1.45 bits per heavy atom. The van der Waals surface area contributed by atoms with E-state index in [0.29, 0.717) is 23.8 Å². The van der Waals surface area contributed by atoms with Crippen molar-refractivity contribution in [3.05, 3.63) is 33.7 Å². The summed E-state index contributed by atoms with van der Waals surface area (Å²) in [6.07, 6.45) is -4.13. The largest absolute Gasteiger partial charge is 0.504 e. The molecular weight excluding hydrogens is 532 g/mol. The Morgan fingerprint density at radius 3 is 2.08 bits per heavy atom. The quantitative estimate of drug-likeness (QED) is 0.294. The van der Waals surface area contributed by atoms with Crippen molar-refractivity contribution in [2.75, 3.05) is 6.61 Å². The molecule has 0 amide bonds. The van der Waals surface area contributed by atoms with Gasteiger partial charge in [0.2, 0.25) is 12.4 Å². The first-order valence-corrected chi connectivity index (χ1v) is 12.7. The monoisotopic (exact) mass is 562 g/mol. The summed E-state index contributed by atoms with van der Waals surface area (Å²) in [5.41, 5.74) is 1.05. The molecule has 0 saturated carbocycles. The van der Waals surface area contributed by atoms with Crippen molar-refractivity contribution >= 4 is 34.8 Å². The summed E-state index contributed by atoms with van der Waals surface area (Å²) in [6.45, 7) is 4.01. The van der Waals surface area contributed by atoms with E-state index in [1.54, 1.807) is 0 Å². The molecule has 13 heteroatoms. The highest BCUT2D eigenvalue weighted by molar-refractivity contribution is 5.85. The van der Waals surface area contributed by atoms with Crippen molar-refractivity contribution in [3.8, 4) is 11.5 Å². The summed E-state index contributed by atoms with van der Waals surface area (Å²) in [6, 6.07) is 2.71. The maximum absolute atomic E-state index is 12.6. The minimum absolute atomic E-state index is 0.157. The molecule has 4 rings (SSSR count). The first kappa shape index (κ1) is 28.9. The number of hydrogen-bond acceptors (Lipinski definition) is 13. The smallest absolute Gasteiger partial charge is 0.339 e. The van der Waals surface area contributed by atoms with E-state index in [-0.39, 0.29) is 17.1 Å². The molecule has 5 atom stereocenters. The van der Waals surface area contributed by atoms with Crippen molar-refractivity contribution in [1.82, 2.24) is 0 Å². The Bertz CT molecular complexity index is 1380. The first-order valence-electron chi connectivity index (χ1n) is 12.7. The molecule has 1 saturated heterocycles. The molecule has 0 unspecified atom stereocenters. The number of ether oxygens (including phenoxy) is 6. The van der Waals surface area contributed by atoms with Crippen LogP contribution in [-0.2, 0) is 55.7 Å². The average molecular weight is 563 g/mol. The third-order valence-electron chi connectivity index (χ3n) is 6.49. The number of aryl methyl sites for hydroxylation is 1. The fourth-order valence-corrected chi connectivity index (χ4v) is 4.96. The van der Waals surface area contributed by atoms with Crippen LogP contribution in [0.3, 0.4) is 0 Å². The molecule has 1 fully saturated rings. The number of phenolic OH excluding ortho intramolecular Hbond substituents is 1. The summed E-state index contributed by atoms with van der Waals surface area (Å²) >= 11 is 0. The number of benzene rings is 1. The van der Waals surface area contributed by atoms with Crippen molar-refractivity contribution in [2.45, 2.75) is 84.1 Å². The Balaban J connectivity index is 1.76. The molecule has 216 valence electrons. The predicted octanol–water partition coefficient (Wildman–Crippen LogP) is 1.84. The number of carbonyl (C=O) groups is 4. The molecule has 1 aromatic carbocycles. The van der Waals surface area contributed by atoms with Gasteiger partial charge >= 0.3 is 29.5 Å². The third-order valence-corrected chi connectivity index (χ3v) is 6.49. The van der Waals surface area contributed by atoms with Crippen LogP contribution in [0.4, 0.5) is 0 Å². The molecule has 2 heterocycles. The second-order valence-corrected chi connectivity index (χ2v) is 9.56. The number of phenols is 1. The lowest BCUT2D eigenvalue weighted by atomic mass is 9.90. The molecule has 0 radical (unpaired) electrons. The van der Waals surface area contributed by atoms with Gasteiger partial charge in [0.05, 0.1) is 0 Å². The predicted molar refractivity (Wildman–Crippen MR) is 133 cm³/mol. The maximum atomic E-state index is 12.6. The van der Waals surface area contributed by atoms with Crippen LogP contribution in [0.5, 0.6) is 11.5 Å². The summed E-state index contributed by atoms with van der Waals surface area (Å²) in [5, 5.41) is 11.4. The number of fused-ring (bicyclic) bond motifs is 3. The first-order chi connectivity index (χ1) is 18.9. The van der Waals surface area contributed by atoms with Gasteiger partial charge in [0.15, 0.2) is 23.7 Å². The van der Waals surface area contributed by atoms with Crippen LogP contribution >= 0.6 is 0 Å². The standard InChI is InChI=1S/C27H30O13/c1-12(28)34-11-22-23(35-13(2)29)24(36-14(3)30)25(37-15(4)31)27(40-22)39-21-10-20-18(9-19(21)32)16-7-5-6-8-17(16)26(33)38-20/h9-10,22-25,27,32H,5-8,11H2,1-4H3/t22-,23-,24+,25-,27-/m1/s1. The van der Waals surface area contributed by atoms with Gasteiger partial charge in [-0.3, -0.25) is 19.2 Å². The second-order valence-electron chi connectivity index (χ2n) is 9.56. The number of esters is 4. The van der Waals surface area contributed by atoms with Gasteiger partial charge in [-0.15, -0.1) is 0 Å². The molecule has 40 heavy (non-hydrogen) atoms. The van der Waals surface area contributed by atoms with E-state index in [0.717, 1.165) is 46.1 Å². The number of aromatic hydroxyl groups is 1. The van der Waals surface area contributed by atoms with E-state index < -0.39 is 66.8 Å². The van der Waals surface area contributed by atoms with E-state index in [4.69, 9.17) is 32.8 Å². The zero-order valence-corrected chi connectivity index (χ0v) is 22.4. The molecule has 0 spiro atoms. The van der Waals surface area contributed by atoms with E-state index >= 15 is 0 Å². The lowest BCUT2D eigenvalue weighted by Crippen LogP contribution is -2.63. The fraction of sp³-hybridized carbons (Fsp3) is 0.519. The Hall–Kier alpha value is -4.13. The van der Waals surface area contributed by atoms with Gasteiger partial charge in [-0.2, -0.15) is 0 Å². The summed E-state index contributed by atoms with van der Waals surface area (Å²) in [5.74, 6) is -3.58. The Morgan fingerprint density at radius 1 is 0.850 bits per heavy atom. The number of carbonyl (C=O) groups excluding carboxylic acids is 4. The molecule has 2 aliphatic rings. The maximum Gasteiger partial charge on any atom is 0.339 e. The second kappa shape index (κ2) is 11.9. The molecule has 1 aromatic heterocycles. The van der Waals surface area contributed by atoms with Crippen LogP contribution < -0.4 is 10.4 Å². The Labute approximate surface area is 228 Å². The molecule has 13 nitrogen and oxygen atoms in total. The van der Waals surface area contributed by atoms with Crippen LogP contribution in [0.2, 0.25) is 0 Å². The summed E-state index contributed by atoms with van der Waals surface area (Å²) in [4.78, 5) is 60.0. The molecule has 2 aromatic rings. The average Bonchev–Trinajstić information content (AvgIpc) is 2.87. The lowest BCUT2D eigenvalue weighted by molar-refractivity contribution is -0.288. The van der Waals surface area contributed by atoms with Gasteiger partial charge in [0, 0.05) is 44.7 Å². The van der Waals surface area contributed by atoms with E-state index in [1.807, 2.05) is 0 Å². The zero-order chi connectivity index (χ0) is 29.1. The van der Waals surface area contributed by atoms with Crippen LogP contribution in [0, 0.1) is 0 Å². The van der Waals surface area contributed by atoms with E-state index in [9.17, 15) is 29.1 Å². The van der Waals surface area contributed by atoms with Crippen molar-refractivity contribution < 1.29 is 57.1 Å². The van der Waals surface area contributed by atoms with Crippen molar-refractivity contribution in [2.24, 2.45) is 0 Å². The van der Waals surface area contributed by atoms with Crippen LogP contribution in [0.15, 0.2) is 21.3 Å². The van der Waals surface area contributed by atoms with Gasteiger partial charge in [-0.05, 0) is 37.3 Å². The topological polar surface area (TPSA) is 174 Å². The van der Waals surface area contributed by atoms with Crippen LogP contribution in [0.1, 0.15) is 51.7 Å². The minimum atomic E-state index is -1.56. The van der Waals surface area contributed by atoms with Crippen LogP contribution in [-0.4, -0.2) is 66.3 Å². The number of rotatable bonds is 7. The normalized spacial score (nSPS) is 23.9. The molecule has 1 aliphatic heterocycles. The molecule has 1 N–H and O–H groups in total. The molecule has 0 bridgehead atoms. The van der Waals surface area contributed by atoms with Gasteiger partial charge < -0.3 is 37.9 Å². The number of hydrogen-bond donors (Lipinski definition) is 1. The third kappa shape index (κ3) is 6.36. The highest BCUT2D eigenvalue weighted by Crippen LogP contribution is 2.38. The van der Waals surface area contributed by atoms with Gasteiger partial charge in [0.25, 0.3) is 0 Å². The van der Waals surface area contributed by atoms with Gasteiger partial charge in [-0.25, -0.2) is 4.79 Å². The highest BCUT2D eigenvalue weighted by atomic mass is 16.7. The fourth-order valence-electron chi connectivity index (χ4n) is 4.96. The van der Waals surface area contributed by atoms with E-state index in [2.05, 4.69) is 0 Å².